The molecule has 1 atom stereocenters. The summed E-state index contributed by atoms with van der Waals surface area (Å²) in [6, 6.07) is 0. The first-order valence-corrected chi connectivity index (χ1v) is 5.78. The number of hydrogen-bond acceptors (Lipinski definition) is 2. The van der Waals surface area contributed by atoms with Gasteiger partial charge in [-0.25, -0.2) is 0 Å². The molecule has 2 nitrogen and oxygen atoms in total. The molecular weight excluding hydrogens is 160 g/mol. The van der Waals surface area contributed by atoms with E-state index in [1.165, 1.54) is 58.0 Å². The van der Waals surface area contributed by atoms with Gasteiger partial charge in [-0.05, 0) is 64.0 Å². The molecule has 0 aromatic carbocycles. The summed E-state index contributed by atoms with van der Waals surface area (Å²) in [7, 11) is 0. The van der Waals surface area contributed by atoms with Gasteiger partial charge < -0.3 is 11.1 Å². The Labute approximate surface area is 81.3 Å². The molecule has 0 spiro atoms. The molecule has 1 heterocycles. The lowest BCUT2D eigenvalue weighted by atomic mass is 9.73. The molecule has 76 valence electrons. The fourth-order valence-electron chi connectivity index (χ4n) is 2.54. The van der Waals surface area contributed by atoms with Crippen LogP contribution in [0, 0.1) is 5.92 Å². The Bertz CT molecular complexity index is 157. The maximum absolute atomic E-state index is 6.20. The monoisotopic (exact) mass is 182 g/mol. The van der Waals surface area contributed by atoms with Gasteiger partial charge in [0.1, 0.15) is 0 Å². The molecule has 1 saturated heterocycles. The average Bonchev–Trinajstić information content (AvgIpc) is 2.13. The Morgan fingerprint density at radius 3 is 2.69 bits per heavy atom. The molecule has 1 aliphatic heterocycles. The lowest BCUT2D eigenvalue weighted by Gasteiger charge is -2.39. The van der Waals surface area contributed by atoms with Gasteiger partial charge in [0.2, 0.25) is 0 Å². The third-order valence-electron chi connectivity index (χ3n) is 3.80. The van der Waals surface area contributed by atoms with E-state index < -0.39 is 0 Å². The van der Waals surface area contributed by atoms with Crippen molar-refractivity contribution in [1.82, 2.24) is 5.32 Å². The van der Waals surface area contributed by atoms with E-state index in [4.69, 9.17) is 5.73 Å². The highest BCUT2D eigenvalue weighted by molar-refractivity contribution is 4.92. The molecular formula is C11H22N2. The van der Waals surface area contributed by atoms with Crippen molar-refractivity contribution < 1.29 is 0 Å². The predicted octanol–water partition coefficient (Wildman–Crippen LogP) is 1.65. The fraction of sp³-hybridized carbons (Fsp3) is 1.00. The van der Waals surface area contributed by atoms with Crippen LogP contribution in [0.3, 0.4) is 0 Å². The quantitative estimate of drug-likeness (QED) is 0.696. The maximum atomic E-state index is 6.20. The minimum Gasteiger partial charge on any atom is -0.325 e. The van der Waals surface area contributed by atoms with Gasteiger partial charge >= 0.3 is 0 Å². The van der Waals surface area contributed by atoms with Crippen LogP contribution >= 0.6 is 0 Å². The van der Waals surface area contributed by atoms with Crippen LogP contribution in [0.15, 0.2) is 0 Å². The third kappa shape index (κ3) is 2.44. The van der Waals surface area contributed by atoms with Gasteiger partial charge in [-0.15, -0.1) is 0 Å². The molecule has 3 N–H and O–H groups in total. The molecule has 0 bridgehead atoms. The molecule has 1 saturated carbocycles. The number of rotatable bonds is 3. The van der Waals surface area contributed by atoms with E-state index in [1.54, 1.807) is 0 Å². The van der Waals surface area contributed by atoms with E-state index in [1.807, 2.05) is 0 Å². The highest BCUT2D eigenvalue weighted by Gasteiger charge is 2.32. The first kappa shape index (κ1) is 9.47. The van der Waals surface area contributed by atoms with Crippen LogP contribution in [0.5, 0.6) is 0 Å². The zero-order valence-electron chi connectivity index (χ0n) is 8.52. The molecule has 2 rings (SSSR count). The smallest absolute Gasteiger partial charge is 0.0154 e. The molecule has 0 amide bonds. The summed E-state index contributed by atoms with van der Waals surface area (Å²) in [4.78, 5) is 0. The summed E-state index contributed by atoms with van der Waals surface area (Å²) in [5.41, 5.74) is 6.45. The summed E-state index contributed by atoms with van der Waals surface area (Å²) in [6.07, 6.45) is 9.30. The molecule has 2 heteroatoms. The Morgan fingerprint density at radius 1 is 1.31 bits per heavy atom. The van der Waals surface area contributed by atoms with E-state index in [-0.39, 0.29) is 5.54 Å². The third-order valence-corrected chi connectivity index (χ3v) is 3.80. The Kier molecular flexibility index (Phi) is 2.89. The lowest BCUT2D eigenvalue weighted by molar-refractivity contribution is 0.204. The van der Waals surface area contributed by atoms with Crippen LogP contribution in [0.25, 0.3) is 0 Å². The molecule has 0 aromatic rings. The Hall–Kier alpha value is -0.0800. The summed E-state index contributed by atoms with van der Waals surface area (Å²) < 4.78 is 0. The zero-order valence-corrected chi connectivity index (χ0v) is 8.52. The van der Waals surface area contributed by atoms with E-state index in [0.29, 0.717) is 0 Å². The Morgan fingerprint density at radius 2 is 2.15 bits per heavy atom. The van der Waals surface area contributed by atoms with Crippen LogP contribution < -0.4 is 11.1 Å². The lowest BCUT2D eigenvalue weighted by Crippen LogP contribution is -2.47. The van der Waals surface area contributed by atoms with E-state index >= 15 is 0 Å². The van der Waals surface area contributed by atoms with E-state index in [9.17, 15) is 0 Å². The average molecular weight is 182 g/mol. The van der Waals surface area contributed by atoms with Crippen molar-refractivity contribution in [3.8, 4) is 0 Å². The normalized spacial score (nSPS) is 32.5. The van der Waals surface area contributed by atoms with Crippen molar-refractivity contribution >= 4 is 0 Å². The van der Waals surface area contributed by atoms with Crippen LogP contribution in [0.2, 0.25) is 0 Å². The van der Waals surface area contributed by atoms with Crippen LogP contribution in [0.4, 0.5) is 0 Å². The second-order valence-electron chi connectivity index (χ2n) is 4.97. The zero-order chi connectivity index (χ0) is 9.15. The number of nitrogens with one attached hydrogen (secondary N) is 1. The van der Waals surface area contributed by atoms with Gasteiger partial charge in [0.05, 0.1) is 0 Å². The van der Waals surface area contributed by atoms with Crippen molar-refractivity contribution in [1.29, 1.82) is 0 Å². The van der Waals surface area contributed by atoms with Crippen molar-refractivity contribution in [2.75, 3.05) is 13.1 Å². The van der Waals surface area contributed by atoms with Gasteiger partial charge in [0, 0.05) is 5.54 Å². The van der Waals surface area contributed by atoms with Crippen molar-refractivity contribution in [3.05, 3.63) is 0 Å². The highest BCUT2D eigenvalue weighted by atomic mass is 14.9. The van der Waals surface area contributed by atoms with Crippen molar-refractivity contribution in [2.45, 2.75) is 50.5 Å². The van der Waals surface area contributed by atoms with Crippen LogP contribution in [0.1, 0.15) is 44.9 Å². The van der Waals surface area contributed by atoms with Crippen LogP contribution in [-0.2, 0) is 0 Å². The maximum Gasteiger partial charge on any atom is 0.0154 e. The van der Waals surface area contributed by atoms with Gasteiger partial charge in [0.15, 0.2) is 0 Å². The molecule has 2 aliphatic rings. The fourth-order valence-corrected chi connectivity index (χ4v) is 2.54. The summed E-state index contributed by atoms with van der Waals surface area (Å²) in [5.74, 6) is 0.912. The first-order chi connectivity index (χ1) is 6.29. The number of piperidine rings is 1. The van der Waals surface area contributed by atoms with Gasteiger partial charge in [0.25, 0.3) is 0 Å². The van der Waals surface area contributed by atoms with Gasteiger partial charge in [-0.2, -0.15) is 0 Å². The summed E-state index contributed by atoms with van der Waals surface area (Å²) >= 11 is 0. The second-order valence-corrected chi connectivity index (χ2v) is 4.97. The molecule has 1 unspecified atom stereocenters. The van der Waals surface area contributed by atoms with Crippen molar-refractivity contribution in [3.63, 3.8) is 0 Å². The molecule has 0 aromatic heterocycles. The molecule has 13 heavy (non-hydrogen) atoms. The summed E-state index contributed by atoms with van der Waals surface area (Å²) in [5, 5.41) is 3.47. The minimum absolute atomic E-state index is 0.247. The van der Waals surface area contributed by atoms with E-state index in [2.05, 4.69) is 5.32 Å². The highest BCUT2D eigenvalue weighted by Crippen LogP contribution is 2.34. The minimum atomic E-state index is 0.247. The number of nitrogens with two attached hydrogens (primary N) is 1. The second kappa shape index (κ2) is 3.97. The molecule has 2 fully saturated rings. The topological polar surface area (TPSA) is 38.0 Å². The number of hydrogen-bond donors (Lipinski definition) is 2. The predicted molar refractivity (Wildman–Crippen MR) is 55.6 cm³/mol. The van der Waals surface area contributed by atoms with Crippen LogP contribution in [-0.4, -0.2) is 18.6 Å². The largest absolute Gasteiger partial charge is 0.325 e. The standard InChI is InChI=1S/C11H22N2/c12-11(5-2-6-11)7-4-10-3-1-8-13-9-10/h10,13H,1-9,12H2. The molecule has 0 radical (unpaired) electrons. The molecule has 1 aliphatic carbocycles. The van der Waals surface area contributed by atoms with E-state index in [0.717, 1.165) is 5.92 Å². The van der Waals surface area contributed by atoms with Gasteiger partial charge in [-0.1, -0.05) is 0 Å². The van der Waals surface area contributed by atoms with Gasteiger partial charge in [-0.3, -0.25) is 0 Å². The summed E-state index contributed by atoms with van der Waals surface area (Å²) in [6.45, 7) is 2.46. The first-order valence-electron chi connectivity index (χ1n) is 5.78. The SMILES string of the molecule is NC1(CCC2CCCNC2)CCC1. The Balaban J connectivity index is 1.66. The van der Waals surface area contributed by atoms with Crippen molar-refractivity contribution in [2.24, 2.45) is 11.7 Å².